The highest BCUT2D eigenvalue weighted by molar-refractivity contribution is 8.00. The van der Waals surface area contributed by atoms with Gasteiger partial charge in [0.1, 0.15) is 10.9 Å². The van der Waals surface area contributed by atoms with Gasteiger partial charge in [-0.2, -0.15) is 9.36 Å². The lowest BCUT2D eigenvalue weighted by atomic mass is 10.1. The van der Waals surface area contributed by atoms with E-state index in [1.165, 1.54) is 47.8 Å². The third-order valence-corrected chi connectivity index (χ3v) is 9.28. The molecule has 0 fully saturated rings. The van der Waals surface area contributed by atoms with Gasteiger partial charge < -0.3 is 10.6 Å². The Morgan fingerprint density at radius 2 is 1.62 bits per heavy atom. The summed E-state index contributed by atoms with van der Waals surface area (Å²) in [5, 5.41) is 20.3. The van der Waals surface area contributed by atoms with E-state index in [-0.39, 0.29) is 22.9 Å². The number of benzene rings is 4. The van der Waals surface area contributed by atoms with Crippen LogP contribution in [0.5, 0.6) is 0 Å². The molecule has 242 valence electrons. The Bertz CT molecular complexity index is 1950. The van der Waals surface area contributed by atoms with Crippen molar-refractivity contribution in [2.75, 3.05) is 16.4 Å². The van der Waals surface area contributed by atoms with Gasteiger partial charge in [-0.1, -0.05) is 85.4 Å². The third-order valence-electron chi connectivity index (χ3n) is 6.56. The summed E-state index contributed by atoms with van der Waals surface area (Å²) >= 11 is 3.87. The molecule has 3 amide bonds. The van der Waals surface area contributed by atoms with Crippen molar-refractivity contribution >= 4 is 75.4 Å². The van der Waals surface area contributed by atoms with Gasteiger partial charge >= 0.3 is 0 Å². The first-order valence-corrected chi connectivity index (χ1v) is 17.2. The van der Waals surface area contributed by atoms with E-state index >= 15 is 0 Å². The smallest absolute Gasteiger partial charge is 0.276 e. The summed E-state index contributed by atoms with van der Waals surface area (Å²) in [5.74, 6) is -0.743. The number of nitro benzene ring substituents is 1. The van der Waals surface area contributed by atoms with Crippen LogP contribution >= 0.6 is 35.1 Å². The van der Waals surface area contributed by atoms with Crippen LogP contribution in [-0.2, 0) is 9.59 Å². The van der Waals surface area contributed by atoms with Gasteiger partial charge in [-0.3, -0.25) is 29.8 Å². The van der Waals surface area contributed by atoms with E-state index in [9.17, 15) is 24.5 Å². The minimum atomic E-state index is -0.700. The number of carbonyl (C=O) groups is 3. The number of aromatic nitrogens is 2. The lowest BCUT2D eigenvalue weighted by Crippen LogP contribution is -2.30. The molecule has 5 aromatic rings. The summed E-state index contributed by atoms with van der Waals surface area (Å²) in [6, 6.07) is 30.4. The van der Waals surface area contributed by atoms with Crippen LogP contribution in [0.1, 0.15) is 33.7 Å². The van der Waals surface area contributed by atoms with E-state index in [0.29, 0.717) is 26.4 Å². The first-order chi connectivity index (χ1) is 23.3. The minimum Gasteiger partial charge on any atom is -0.321 e. The zero-order valence-electron chi connectivity index (χ0n) is 25.4. The number of amides is 3. The SMILES string of the molecule is CCSc1nsc(NC(=O)C(Sc2cccc(NC(=O)/C(=C\c3ccccc3[N+](=O)[O-])NC(=O)c3ccccc3)c2)c2ccccc2)n1. The molecule has 0 aliphatic heterocycles. The van der Waals surface area contributed by atoms with Crippen molar-refractivity contribution in [2.24, 2.45) is 0 Å². The second-order valence-corrected chi connectivity index (χ2v) is 13.1. The van der Waals surface area contributed by atoms with E-state index in [1.54, 1.807) is 54.6 Å². The predicted octanol–water partition coefficient (Wildman–Crippen LogP) is 7.44. The van der Waals surface area contributed by atoms with Crippen LogP contribution in [0.3, 0.4) is 0 Å². The van der Waals surface area contributed by atoms with Crippen LogP contribution in [-0.4, -0.2) is 37.8 Å². The van der Waals surface area contributed by atoms with Gasteiger partial charge in [-0.15, -0.1) is 11.8 Å². The second-order valence-electron chi connectivity index (χ2n) is 9.89. The van der Waals surface area contributed by atoms with Gasteiger partial charge in [0, 0.05) is 33.7 Å². The number of hydrogen-bond donors (Lipinski definition) is 3. The van der Waals surface area contributed by atoms with Crippen molar-refractivity contribution in [3.63, 3.8) is 0 Å². The highest BCUT2D eigenvalue weighted by Crippen LogP contribution is 2.37. The van der Waals surface area contributed by atoms with E-state index in [1.807, 2.05) is 43.3 Å². The largest absolute Gasteiger partial charge is 0.321 e. The van der Waals surface area contributed by atoms with Crippen molar-refractivity contribution in [3.05, 3.63) is 142 Å². The monoisotopic (exact) mass is 696 g/mol. The summed E-state index contributed by atoms with van der Waals surface area (Å²) in [7, 11) is 0. The Hall–Kier alpha value is -5.31. The lowest BCUT2D eigenvalue weighted by Gasteiger charge is -2.17. The average molecular weight is 697 g/mol. The van der Waals surface area contributed by atoms with E-state index in [0.717, 1.165) is 22.8 Å². The molecule has 0 saturated heterocycles. The highest BCUT2D eigenvalue weighted by Gasteiger charge is 2.24. The van der Waals surface area contributed by atoms with Crippen molar-refractivity contribution in [1.29, 1.82) is 0 Å². The number of anilines is 2. The molecule has 1 unspecified atom stereocenters. The summed E-state index contributed by atoms with van der Waals surface area (Å²) in [5.41, 5.74) is 1.16. The van der Waals surface area contributed by atoms with Crippen LogP contribution in [0, 0.1) is 10.1 Å². The summed E-state index contributed by atoms with van der Waals surface area (Å²) in [4.78, 5) is 56.4. The van der Waals surface area contributed by atoms with Crippen molar-refractivity contribution < 1.29 is 19.3 Å². The van der Waals surface area contributed by atoms with Crippen LogP contribution in [0.25, 0.3) is 6.08 Å². The van der Waals surface area contributed by atoms with Gasteiger partial charge in [0.25, 0.3) is 17.5 Å². The molecule has 5 rings (SSSR count). The van der Waals surface area contributed by atoms with Gasteiger partial charge in [0.05, 0.1) is 10.5 Å². The number of nitrogens with one attached hydrogen (secondary N) is 3. The lowest BCUT2D eigenvalue weighted by molar-refractivity contribution is -0.385. The molecular formula is C34H28N6O5S3. The van der Waals surface area contributed by atoms with Crippen molar-refractivity contribution in [3.8, 4) is 0 Å². The fourth-order valence-corrected chi connectivity index (χ4v) is 6.73. The fraction of sp³-hybridized carbons (Fsp3) is 0.0882. The van der Waals surface area contributed by atoms with Crippen molar-refractivity contribution in [2.45, 2.75) is 22.2 Å². The van der Waals surface area contributed by atoms with Crippen LogP contribution in [0.4, 0.5) is 16.5 Å². The Kier molecular flexibility index (Phi) is 11.7. The Labute approximate surface area is 288 Å². The predicted molar refractivity (Wildman–Crippen MR) is 190 cm³/mol. The number of nitrogens with zero attached hydrogens (tertiary/aromatic N) is 3. The fourth-order valence-electron chi connectivity index (χ4n) is 4.38. The summed E-state index contributed by atoms with van der Waals surface area (Å²) in [6.07, 6.45) is 1.26. The zero-order chi connectivity index (χ0) is 33.9. The number of nitro groups is 1. The molecule has 0 saturated carbocycles. The maximum absolute atomic E-state index is 13.6. The standard InChI is InChI=1S/C34H28N6O5S3/c1-2-46-34-38-33(48-39-34)37-32(43)29(22-12-5-3-6-13-22)47-26-18-11-17-25(21-26)35-31(42)27(36-30(41)23-14-7-4-8-15-23)20-24-16-9-10-19-28(24)40(44)45/h3-21,29H,2H2,1H3,(H,35,42)(H,36,41)(H,37,38,39,43)/b27-20+. The van der Waals surface area contributed by atoms with Gasteiger partial charge in [-0.25, -0.2) is 0 Å². The second kappa shape index (κ2) is 16.5. The maximum Gasteiger partial charge on any atom is 0.276 e. The number of carbonyl (C=O) groups excluding carboxylic acids is 3. The molecule has 1 aromatic heterocycles. The molecule has 0 spiro atoms. The maximum atomic E-state index is 13.6. The number of para-hydroxylation sites is 1. The molecule has 48 heavy (non-hydrogen) atoms. The molecule has 0 radical (unpaired) electrons. The molecule has 0 aliphatic rings. The molecule has 14 heteroatoms. The topological polar surface area (TPSA) is 156 Å². The van der Waals surface area contributed by atoms with Crippen molar-refractivity contribution in [1.82, 2.24) is 14.7 Å². The summed E-state index contributed by atoms with van der Waals surface area (Å²) < 4.78 is 4.27. The van der Waals surface area contributed by atoms with E-state index in [2.05, 4.69) is 25.3 Å². The van der Waals surface area contributed by atoms with Crippen LogP contribution in [0.15, 0.2) is 125 Å². The molecular weight excluding hydrogens is 669 g/mol. The summed E-state index contributed by atoms with van der Waals surface area (Å²) in [6.45, 7) is 2.00. The van der Waals surface area contributed by atoms with Gasteiger partial charge in [0.15, 0.2) is 0 Å². The molecule has 4 aromatic carbocycles. The van der Waals surface area contributed by atoms with Gasteiger partial charge in [-0.05, 0) is 53.8 Å². The zero-order valence-corrected chi connectivity index (χ0v) is 27.8. The highest BCUT2D eigenvalue weighted by atomic mass is 32.2. The molecule has 3 N–H and O–H groups in total. The first kappa shape index (κ1) is 34.0. The Morgan fingerprint density at radius 3 is 2.35 bits per heavy atom. The number of thioether (sulfide) groups is 2. The normalized spacial score (nSPS) is 11.7. The Morgan fingerprint density at radius 1 is 0.917 bits per heavy atom. The van der Waals surface area contributed by atoms with Crippen LogP contribution < -0.4 is 16.0 Å². The molecule has 1 heterocycles. The molecule has 0 bridgehead atoms. The molecule has 11 nitrogen and oxygen atoms in total. The Balaban J connectivity index is 1.39. The first-order valence-electron chi connectivity index (χ1n) is 14.5. The third kappa shape index (κ3) is 9.15. The number of rotatable bonds is 13. The average Bonchev–Trinajstić information content (AvgIpc) is 3.54. The van der Waals surface area contributed by atoms with Crippen LogP contribution in [0.2, 0.25) is 0 Å². The minimum absolute atomic E-state index is 0.137. The van der Waals surface area contributed by atoms with E-state index < -0.39 is 22.0 Å². The molecule has 0 aliphatic carbocycles. The number of hydrogen-bond acceptors (Lipinski definition) is 10. The molecule has 1 atom stereocenters. The van der Waals surface area contributed by atoms with E-state index in [4.69, 9.17) is 0 Å². The quantitative estimate of drug-likeness (QED) is 0.0493. The van der Waals surface area contributed by atoms with Gasteiger partial charge in [0.2, 0.25) is 16.2 Å².